The number of likely N-dealkylation sites (tertiary alicyclic amines) is 1. The summed E-state index contributed by atoms with van der Waals surface area (Å²) in [6.07, 6.45) is 2.78. The molecule has 1 aromatic heterocycles. The molecule has 326 valence electrons. The molecule has 5 N–H and O–H groups in total. The first kappa shape index (κ1) is 45.3. The van der Waals surface area contributed by atoms with Crippen LogP contribution >= 0.6 is 0 Å². The van der Waals surface area contributed by atoms with Crippen LogP contribution in [0.15, 0.2) is 113 Å². The van der Waals surface area contributed by atoms with Crippen molar-refractivity contribution in [1.82, 2.24) is 25.4 Å². The zero-order valence-corrected chi connectivity index (χ0v) is 35.5. The van der Waals surface area contributed by atoms with Crippen molar-refractivity contribution in [3.05, 3.63) is 135 Å². The summed E-state index contributed by atoms with van der Waals surface area (Å²) >= 11 is 0. The Balaban J connectivity index is 0.820. The fraction of sp³-hybridized carbons (Fsp3) is 0.375. The van der Waals surface area contributed by atoms with Crippen molar-refractivity contribution in [2.75, 3.05) is 51.6 Å². The molecule has 0 bridgehead atoms. The monoisotopic (exact) mass is 843 g/mol. The Morgan fingerprint density at radius 1 is 0.935 bits per heavy atom. The molecule has 5 aromatic rings. The van der Waals surface area contributed by atoms with Crippen LogP contribution in [0.25, 0.3) is 22.0 Å². The molecule has 0 radical (unpaired) electrons. The van der Waals surface area contributed by atoms with Crippen molar-refractivity contribution >= 4 is 40.2 Å². The van der Waals surface area contributed by atoms with Crippen LogP contribution in [0, 0.1) is 4.91 Å². The molecule has 1 aliphatic rings. The summed E-state index contributed by atoms with van der Waals surface area (Å²) in [5.74, 6) is 0.0216. The number of nitrogens with zero attached hydrogens (tertiary/aromatic N) is 3. The average Bonchev–Trinajstić information content (AvgIpc) is 3.27. The average molecular weight is 844 g/mol. The fourth-order valence-electron chi connectivity index (χ4n) is 7.86. The van der Waals surface area contributed by atoms with Gasteiger partial charge in [0.1, 0.15) is 11.8 Å². The number of H-pyrrole nitrogens is 1. The Morgan fingerprint density at radius 3 is 2.48 bits per heavy atom. The number of ether oxygens (including phenoxy) is 1. The minimum atomic E-state index is -0.886. The van der Waals surface area contributed by atoms with Gasteiger partial charge in [-0.05, 0) is 84.7 Å². The van der Waals surface area contributed by atoms with Crippen LogP contribution in [0.3, 0.4) is 0 Å². The van der Waals surface area contributed by atoms with E-state index in [0.717, 1.165) is 48.2 Å². The smallest absolute Gasteiger partial charge is 0.411 e. The summed E-state index contributed by atoms with van der Waals surface area (Å²) < 4.78 is 5.76. The van der Waals surface area contributed by atoms with E-state index in [-0.39, 0.29) is 48.2 Å². The largest absolute Gasteiger partial charge is 0.446 e. The highest BCUT2D eigenvalue weighted by atomic mass is 16.6. The number of aliphatic hydroxyl groups excluding tert-OH is 1. The third kappa shape index (κ3) is 13.1. The van der Waals surface area contributed by atoms with Gasteiger partial charge in [-0.2, -0.15) is 0 Å². The zero-order valence-electron chi connectivity index (χ0n) is 35.5. The molecule has 6 rings (SSSR count). The number of anilines is 1. The number of aliphatic hydroxyl groups is 1. The number of aromatic nitrogens is 1. The van der Waals surface area contributed by atoms with Crippen LogP contribution in [-0.4, -0.2) is 96.3 Å². The number of hydrogen-bond acceptors (Lipinski definition) is 10. The number of amides is 3. The molecule has 1 fully saturated rings. The number of piperidine rings is 1. The number of nitroso groups, excluding NO2 is 1. The van der Waals surface area contributed by atoms with Gasteiger partial charge in [-0.3, -0.25) is 19.7 Å². The van der Waals surface area contributed by atoms with Gasteiger partial charge < -0.3 is 35.3 Å². The first-order chi connectivity index (χ1) is 30.1. The fourth-order valence-corrected chi connectivity index (χ4v) is 7.86. The van der Waals surface area contributed by atoms with Crippen molar-refractivity contribution in [2.45, 2.75) is 70.1 Å². The van der Waals surface area contributed by atoms with Crippen LogP contribution in [0.5, 0.6) is 0 Å². The minimum Gasteiger partial charge on any atom is -0.446 e. The van der Waals surface area contributed by atoms with Gasteiger partial charge >= 0.3 is 6.09 Å². The van der Waals surface area contributed by atoms with E-state index in [1.54, 1.807) is 17.0 Å². The molecule has 1 unspecified atom stereocenters. The maximum atomic E-state index is 12.9. The van der Waals surface area contributed by atoms with Crippen molar-refractivity contribution in [2.24, 2.45) is 5.18 Å². The van der Waals surface area contributed by atoms with Crippen LogP contribution in [0.2, 0.25) is 0 Å². The Morgan fingerprint density at radius 2 is 1.69 bits per heavy atom. The number of nitrogens with one attached hydrogen (secondary N) is 4. The van der Waals surface area contributed by atoms with Gasteiger partial charge in [0.05, 0.1) is 23.7 Å². The molecule has 0 spiro atoms. The first-order valence-electron chi connectivity index (χ1n) is 21.4. The highest BCUT2D eigenvalue weighted by Gasteiger charge is 2.24. The topological polar surface area (TPSA) is 186 Å². The molecule has 14 heteroatoms. The van der Waals surface area contributed by atoms with Gasteiger partial charge in [-0.25, -0.2) is 4.79 Å². The van der Waals surface area contributed by atoms with Crippen molar-refractivity contribution in [3.63, 3.8) is 0 Å². The third-order valence-corrected chi connectivity index (χ3v) is 11.3. The van der Waals surface area contributed by atoms with Crippen LogP contribution in [0.1, 0.15) is 61.8 Å². The zero-order chi connectivity index (χ0) is 43.8. The Bertz CT molecular complexity index is 2350. The molecule has 3 amide bonds. The highest BCUT2D eigenvalue weighted by molar-refractivity contribution is 5.92. The number of pyridine rings is 1. The van der Waals surface area contributed by atoms with E-state index < -0.39 is 12.2 Å². The van der Waals surface area contributed by atoms with Gasteiger partial charge in [-0.1, -0.05) is 78.9 Å². The molecule has 2 heterocycles. The SMILES string of the molecule is CC(Cc1cccc(CC(=O)NCCCCN(C)C(=O)CCN2CCC(OC(=O)Nc3ccccc3-c3ccccc3)CC2)c1)NC[C@H](O)c1ccc(N=O)c2[nH]c(=O)ccc12. The van der Waals surface area contributed by atoms with Gasteiger partial charge in [0.15, 0.2) is 0 Å². The summed E-state index contributed by atoms with van der Waals surface area (Å²) in [6, 6.07) is 31.6. The summed E-state index contributed by atoms with van der Waals surface area (Å²) in [7, 11) is 1.82. The van der Waals surface area contributed by atoms with Gasteiger partial charge in [-0.15, -0.1) is 4.91 Å². The summed E-state index contributed by atoms with van der Waals surface area (Å²) in [5, 5.41) is 23.8. The normalized spacial score (nSPS) is 14.2. The standard InChI is InChI=1S/C48H57N7O7/c1-33(50-32-43(56)39-17-19-42(53-61)47-40(39)18-20-44(57)52-47)29-34-11-10-12-35(30-34)31-45(58)49-24-8-9-25-54(2)46(59)23-28-55-26-21-37(22-27-55)62-48(60)51-41-16-7-6-15-38(41)36-13-4-3-5-14-36/h3-7,10-20,30,33,37,43,50,56H,8-9,21-29,31-32H2,1-2H3,(H,49,58)(H,51,60)(H,52,57)/t33?,43-/m0/s1. The van der Waals surface area contributed by atoms with E-state index in [4.69, 9.17) is 4.74 Å². The van der Waals surface area contributed by atoms with Gasteiger partial charge in [0, 0.05) is 75.8 Å². The third-order valence-electron chi connectivity index (χ3n) is 11.3. The first-order valence-corrected chi connectivity index (χ1v) is 21.4. The second-order valence-corrected chi connectivity index (χ2v) is 16.0. The number of unbranched alkanes of at least 4 members (excludes halogenated alkanes) is 1. The van der Waals surface area contributed by atoms with Gasteiger partial charge in [0.25, 0.3) is 0 Å². The summed E-state index contributed by atoms with van der Waals surface area (Å²) in [6.45, 7) is 5.57. The molecule has 0 saturated carbocycles. The number of rotatable bonds is 20. The Kier molecular flexibility index (Phi) is 16.5. The highest BCUT2D eigenvalue weighted by Crippen LogP contribution is 2.30. The quantitative estimate of drug-likeness (QED) is 0.0413. The lowest BCUT2D eigenvalue weighted by Crippen LogP contribution is -2.40. The maximum Gasteiger partial charge on any atom is 0.411 e. The van der Waals surface area contributed by atoms with E-state index in [2.05, 4.69) is 31.0 Å². The minimum absolute atomic E-state index is 0.00951. The van der Waals surface area contributed by atoms with Gasteiger partial charge in [0.2, 0.25) is 17.4 Å². The molecule has 2 atom stereocenters. The maximum absolute atomic E-state index is 12.9. The van der Waals surface area contributed by atoms with Crippen molar-refractivity contribution < 1.29 is 24.2 Å². The molecular formula is C48H57N7O7. The number of hydrogen-bond donors (Lipinski definition) is 5. The molecule has 1 aliphatic heterocycles. The van der Waals surface area contributed by atoms with Crippen LogP contribution in [-0.2, 0) is 27.2 Å². The lowest BCUT2D eigenvalue weighted by atomic mass is 10.0. The van der Waals surface area contributed by atoms with Crippen LogP contribution in [0.4, 0.5) is 16.2 Å². The number of para-hydroxylation sites is 1. The second-order valence-electron chi connectivity index (χ2n) is 16.0. The van der Waals surface area contributed by atoms with E-state index in [1.807, 2.05) is 92.8 Å². The van der Waals surface area contributed by atoms with Crippen molar-refractivity contribution in [1.29, 1.82) is 0 Å². The van der Waals surface area contributed by atoms with E-state index in [9.17, 15) is 29.2 Å². The van der Waals surface area contributed by atoms with Crippen LogP contribution < -0.4 is 21.5 Å². The molecular weight excluding hydrogens is 787 g/mol. The lowest BCUT2D eigenvalue weighted by molar-refractivity contribution is -0.130. The number of benzene rings is 4. The lowest BCUT2D eigenvalue weighted by Gasteiger charge is -2.31. The second kappa shape index (κ2) is 22.6. The van der Waals surface area contributed by atoms with E-state index in [0.29, 0.717) is 67.5 Å². The number of carbonyl (C=O) groups excluding carboxylic acids is 3. The molecule has 1 saturated heterocycles. The molecule has 0 aliphatic carbocycles. The summed E-state index contributed by atoms with van der Waals surface area (Å²) in [4.78, 5) is 68.1. The van der Waals surface area contributed by atoms with Crippen molar-refractivity contribution in [3.8, 4) is 11.1 Å². The Hall–Kier alpha value is -6.22. The van der Waals surface area contributed by atoms with E-state index in [1.165, 1.54) is 12.1 Å². The number of aromatic amines is 1. The predicted molar refractivity (Wildman–Crippen MR) is 242 cm³/mol. The molecule has 62 heavy (non-hydrogen) atoms. The predicted octanol–water partition coefficient (Wildman–Crippen LogP) is 6.85. The molecule has 4 aromatic carbocycles. The number of carbonyl (C=O) groups is 3. The Labute approximate surface area is 362 Å². The summed E-state index contributed by atoms with van der Waals surface area (Å²) in [5.41, 5.74) is 5.25. The van der Waals surface area contributed by atoms with E-state index >= 15 is 0 Å². The molecule has 14 nitrogen and oxygen atoms in total. The number of fused-ring (bicyclic) bond motifs is 1.